The number of carboxylic acids is 1. The lowest BCUT2D eigenvalue weighted by molar-refractivity contribution is -0.144. The van der Waals surface area contributed by atoms with Gasteiger partial charge in [0.15, 0.2) is 0 Å². The Balaban J connectivity index is 2.79. The first-order valence-electron chi connectivity index (χ1n) is 10.5. The van der Waals surface area contributed by atoms with Crippen molar-refractivity contribution in [1.29, 1.82) is 0 Å². The Bertz CT molecular complexity index is 784. The number of benzene rings is 1. The minimum absolute atomic E-state index is 0.245. The Morgan fingerprint density at radius 3 is 1.84 bits per heavy atom. The number of rotatable bonds is 12. The Hall–Kier alpha value is -2.98. The van der Waals surface area contributed by atoms with Crippen molar-refractivity contribution in [3.63, 3.8) is 0 Å². The molecule has 1 rings (SSSR count). The molecule has 10 heteroatoms. The molecule has 0 fully saturated rings. The summed E-state index contributed by atoms with van der Waals surface area (Å²) in [4.78, 5) is 49.0. The van der Waals surface area contributed by atoms with Crippen LogP contribution in [0.5, 0.6) is 0 Å². The van der Waals surface area contributed by atoms with E-state index in [1.165, 1.54) is 0 Å². The van der Waals surface area contributed by atoms with Gasteiger partial charge in [-0.2, -0.15) is 0 Å². The van der Waals surface area contributed by atoms with Gasteiger partial charge in [0.25, 0.3) is 0 Å². The number of aliphatic hydroxyl groups is 1. The van der Waals surface area contributed by atoms with Gasteiger partial charge in [0.2, 0.25) is 17.7 Å². The van der Waals surface area contributed by atoms with Gasteiger partial charge in [-0.1, -0.05) is 58.0 Å². The molecule has 0 aromatic heterocycles. The number of carboxylic acid groups (broad SMARTS) is 1. The number of amides is 3. The van der Waals surface area contributed by atoms with Gasteiger partial charge in [0.05, 0.1) is 12.6 Å². The summed E-state index contributed by atoms with van der Waals surface area (Å²) in [7, 11) is 0. The average molecular weight is 451 g/mol. The van der Waals surface area contributed by atoms with Crippen molar-refractivity contribution in [2.75, 3.05) is 6.61 Å². The van der Waals surface area contributed by atoms with Crippen molar-refractivity contribution in [1.82, 2.24) is 16.0 Å². The van der Waals surface area contributed by atoms with E-state index in [1.54, 1.807) is 27.7 Å². The lowest BCUT2D eigenvalue weighted by Crippen LogP contribution is -2.59. The molecule has 1 aromatic rings. The van der Waals surface area contributed by atoms with Crippen LogP contribution in [-0.2, 0) is 25.6 Å². The predicted molar refractivity (Wildman–Crippen MR) is 118 cm³/mol. The van der Waals surface area contributed by atoms with Gasteiger partial charge in [0.1, 0.15) is 18.1 Å². The molecule has 1 aromatic carbocycles. The first-order chi connectivity index (χ1) is 15.0. The molecule has 0 saturated carbocycles. The van der Waals surface area contributed by atoms with E-state index in [-0.39, 0.29) is 18.3 Å². The maximum Gasteiger partial charge on any atom is 0.326 e. The van der Waals surface area contributed by atoms with E-state index in [4.69, 9.17) is 5.73 Å². The predicted octanol–water partition coefficient (Wildman–Crippen LogP) is -0.600. The molecule has 32 heavy (non-hydrogen) atoms. The first-order valence-corrected chi connectivity index (χ1v) is 10.5. The fourth-order valence-corrected chi connectivity index (χ4v) is 2.98. The molecule has 3 amide bonds. The Labute approximate surface area is 187 Å². The van der Waals surface area contributed by atoms with Crippen LogP contribution < -0.4 is 21.7 Å². The topological polar surface area (TPSA) is 171 Å². The van der Waals surface area contributed by atoms with Gasteiger partial charge < -0.3 is 31.9 Å². The van der Waals surface area contributed by atoms with Gasteiger partial charge in [-0.05, 0) is 23.8 Å². The highest BCUT2D eigenvalue weighted by Gasteiger charge is 2.32. The standard InChI is InChI=1S/C22H34N4O6/c1-12(2)17(21(30)26-18(13(3)4)22(31)32)25-20(29)16(11-27)24-19(28)15(23)10-14-8-6-5-7-9-14/h5-9,12-13,15-18,27H,10-11,23H2,1-4H3,(H,24,28)(H,25,29)(H,26,30)(H,31,32). The number of nitrogens with two attached hydrogens (primary N) is 1. The van der Waals surface area contributed by atoms with E-state index in [0.29, 0.717) is 0 Å². The molecule has 0 aliphatic heterocycles. The van der Waals surface area contributed by atoms with Crippen molar-refractivity contribution in [2.24, 2.45) is 17.6 Å². The van der Waals surface area contributed by atoms with Crippen molar-refractivity contribution in [2.45, 2.75) is 58.3 Å². The highest BCUT2D eigenvalue weighted by molar-refractivity contribution is 5.94. The molecule has 4 atom stereocenters. The van der Waals surface area contributed by atoms with Crippen molar-refractivity contribution >= 4 is 23.7 Å². The molecule has 178 valence electrons. The number of nitrogens with one attached hydrogen (secondary N) is 3. The molecule has 10 nitrogen and oxygen atoms in total. The maximum atomic E-state index is 12.6. The molecule has 7 N–H and O–H groups in total. The summed E-state index contributed by atoms with van der Waals surface area (Å²) in [6, 6.07) is 4.65. The van der Waals surface area contributed by atoms with E-state index in [0.717, 1.165) is 5.56 Å². The van der Waals surface area contributed by atoms with Crippen LogP contribution in [0.3, 0.4) is 0 Å². The van der Waals surface area contributed by atoms with Gasteiger partial charge in [-0.3, -0.25) is 14.4 Å². The SMILES string of the molecule is CC(C)C(NC(=O)C(NC(=O)C(CO)NC(=O)C(N)Cc1ccccc1)C(C)C)C(=O)O. The molecular weight excluding hydrogens is 416 g/mol. The normalized spacial score (nSPS) is 14.9. The minimum atomic E-state index is -1.32. The third kappa shape index (κ3) is 8.27. The zero-order valence-electron chi connectivity index (χ0n) is 18.9. The van der Waals surface area contributed by atoms with E-state index < -0.39 is 54.5 Å². The van der Waals surface area contributed by atoms with Crippen LogP contribution in [0, 0.1) is 11.8 Å². The quantitative estimate of drug-likeness (QED) is 0.247. The van der Waals surface area contributed by atoms with Gasteiger partial charge in [-0.25, -0.2) is 4.79 Å². The third-order valence-electron chi connectivity index (χ3n) is 4.93. The lowest BCUT2D eigenvalue weighted by atomic mass is 10.00. The summed E-state index contributed by atoms with van der Waals surface area (Å²) in [5.74, 6) is -4.00. The largest absolute Gasteiger partial charge is 0.480 e. The number of aliphatic hydroxyl groups excluding tert-OH is 1. The summed E-state index contributed by atoms with van der Waals surface area (Å²) in [6.45, 7) is 5.96. The second-order valence-corrected chi connectivity index (χ2v) is 8.34. The maximum absolute atomic E-state index is 12.6. The molecule has 0 saturated heterocycles. The van der Waals surface area contributed by atoms with Crippen molar-refractivity contribution < 1.29 is 29.4 Å². The van der Waals surface area contributed by atoms with E-state index in [9.17, 15) is 29.4 Å². The zero-order chi connectivity index (χ0) is 24.4. The summed E-state index contributed by atoms with van der Waals surface area (Å²) in [5, 5.41) is 26.2. The minimum Gasteiger partial charge on any atom is -0.480 e. The van der Waals surface area contributed by atoms with E-state index >= 15 is 0 Å². The highest BCUT2D eigenvalue weighted by atomic mass is 16.4. The Morgan fingerprint density at radius 2 is 1.38 bits per heavy atom. The van der Waals surface area contributed by atoms with Gasteiger partial charge in [-0.15, -0.1) is 0 Å². The third-order valence-corrected chi connectivity index (χ3v) is 4.93. The summed E-state index contributed by atoms with van der Waals surface area (Å²) in [5.41, 5.74) is 6.76. The highest BCUT2D eigenvalue weighted by Crippen LogP contribution is 2.07. The van der Waals surface area contributed by atoms with Crippen molar-refractivity contribution in [3.8, 4) is 0 Å². The Kier molecular flexibility index (Phi) is 10.8. The second kappa shape index (κ2) is 12.8. The molecule has 0 spiro atoms. The summed E-state index contributed by atoms with van der Waals surface area (Å²) < 4.78 is 0. The van der Waals surface area contributed by atoms with Gasteiger partial charge >= 0.3 is 5.97 Å². The lowest BCUT2D eigenvalue weighted by Gasteiger charge is -2.27. The number of hydrogen-bond acceptors (Lipinski definition) is 6. The van der Waals surface area contributed by atoms with Crippen LogP contribution in [0.4, 0.5) is 0 Å². The number of carbonyl (C=O) groups excluding carboxylic acids is 3. The summed E-state index contributed by atoms with van der Waals surface area (Å²) in [6.07, 6.45) is 0.245. The Morgan fingerprint density at radius 1 is 0.844 bits per heavy atom. The molecule has 4 unspecified atom stereocenters. The van der Waals surface area contributed by atoms with E-state index in [1.807, 2.05) is 30.3 Å². The molecule has 0 radical (unpaired) electrons. The van der Waals surface area contributed by atoms with E-state index in [2.05, 4.69) is 16.0 Å². The number of hydrogen-bond donors (Lipinski definition) is 6. The number of aliphatic carboxylic acids is 1. The van der Waals surface area contributed by atoms with Crippen LogP contribution in [0.2, 0.25) is 0 Å². The molecular formula is C22H34N4O6. The number of carbonyl (C=O) groups is 4. The first kappa shape index (κ1) is 27.1. The van der Waals surface area contributed by atoms with Crippen LogP contribution in [-0.4, -0.2) is 64.7 Å². The monoisotopic (exact) mass is 450 g/mol. The fourth-order valence-electron chi connectivity index (χ4n) is 2.98. The molecule has 0 heterocycles. The fraction of sp³-hybridized carbons (Fsp3) is 0.545. The second-order valence-electron chi connectivity index (χ2n) is 8.34. The molecule has 0 aliphatic rings. The average Bonchev–Trinajstić information content (AvgIpc) is 2.73. The van der Waals surface area contributed by atoms with Crippen LogP contribution in [0.25, 0.3) is 0 Å². The van der Waals surface area contributed by atoms with Gasteiger partial charge in [0, 0.05) is 0 Å². The zero-order valence-corrected chi connectivity index (χ0v) is 18.9. The van der Waals surface area contributed by atoms with Crippen molar-refractivity contribution in [3.05, 3.63) is 35.9 Å². The molecule has 0 aliphatic carbocycles. The van der Waals surface area contributed by atoms with Crippen LogP contribution in [0.15, 0.2) is 30.3 Å². The van der Waals surface area contributed by atoms with Crippen LogP contribution in [0.1, 0.15) is 33.3 Å². The molecule has 0 bridgehead atoms. The summed E-state index contributed by atoms with van der Waals surface area (Å²) >= 11 is 0. The van der Waals surface area contributed by atoms with Crippen LogP contribution >= 0.6 is 0 Å². The smallest absolute Gasteiger partial charge is 0.326 e.